The van der Waals surface area contributed by atoms with E-state index in [0.29, 0.717) is 89.5 Å². The maximum atomic E-state index is 14.5. The van der Waals surface area contributed by atoms with Gasteiger partial charge in [0.05, 0.1) is 62.4 Å². The fourth-order valence-electron chi connectivity index (χ4n) is 14.1. The summed E-state index contributed by atoms with van der Waals surface area (Å²) in [5.74, 6) is 4.06. The molecule has 6 aromatic rings. The number of Topliss-reactive ketones (excluding diaryl/α,β-unsaturated/α-hetero) is 3. The van der Waals surface area contributed by atoms with Crippen LogP contribution < -0.4 is 34.6 Å². The third-order valence-electron chi connectivity index (χ3n) is 20.2. The molecule has 1 saturated carbocycles. The second-order valence-corrected chi connectivity index (χ2v) is 27.7. The smallest absolute Gasteiger partial charge is 0.416 e. The first kappa shape index (κ1) is 70.3. The van der Waals surface area contributed by atoms with Crippen LogP contribution in [-0.4, -0.2) is 131 Å². The number of ether oxygens (including phenoxy) is 4. The highest BCUT2D eigenvalue weighted by molar-refractivity contribution is 6.06. The summed E-state index contributed by atoms with van der Waals surface area (Å²) in [6.07, 6.45) is 3.78. The van der Waals surface area contributed by atoms with E-state index in [1.54, 1.807) is 90.1 Å². The molecule has 101 heavy (non-hydrogen) atoms. The number of rotatable bonds is 26. The summed E-state index contributed by atoms with van der Waals surface area (Å²) in [4.78, 5) is 129. The Morgan fingerprint density at radius 1 is 0.733 bits per heavy atom. The molecule has 5 heterocycles. The number of carbonyl (C=O) groups is 9. The minimum Gasteiger partial charge on any atom is -0.508 e. The number of nitrogens with one attached hydrogen (secondary N) is 2. The first-order chi connectivity index (χ1) is 48.6. The summed E-state index contributed by atoms with van der Waals surface area (Å²) in [6.45, 7) is 7.55. The van der Waals surface area contributed by atoms with Crippen molar-refractivity contribution in [3.8, 4) is 34.8 Å². The third-order valence-corrected chi connectivity index (χ3v) is 20.2. The van der Waals surface area contributed by atoms with E-state index in [1.807, 2.05) is 79.9 Å². The number of anilines is 2. The normalized spacial score (nSPS) is 18.0. The van der Waals surface area contributed by atoms with E-state index in [4.69, 9.17) is 18.9 Å². The lowest BCUT2D eigenvalue weighted by atomic mass is 9.89. The topological polar surface area (TPSA) is 268 Å². The minimum atomic E-state index is -1.44. The molecule has 2 fully saturated rings. The van der Waals surface area contributed by atoms with Crippen LogP contribution in [0, 0.1) is 36.0 Å². The molecule has 5 atom stereocenters. The highest BCUT2D eigenvalue weighted by atomic mass is 16.6. The summed E-state index contributed by atoms with van der Waals surface area (Å²) in [6, 6.07) is 34.1. The average molecular weight is 1370 g/mol. The number of hydrogen-bond acceptors (Lipinski definition) is 15. The Morgan fingerprint density at radius 2 is 1.44 bits per heavy atom. The fraction of sp³-hybridized carbons (Fsp3) is 0.388. The quantitative estimate of drug-likeness (QED) is 0.0291. The Bertz CT molecular complexity index is 4340. The van der Waals surface area contributed by atoms with Gasteiger partial charge in [0.1, 0.15) is 23.9 Å². The number of hydrogen-bond donors (Lipinski definition) is 4. The second-order valence-electron chi connectivity index (χ2n) is 27.7. The monoisotopic (exact) mass is 1370 g/mol. The van der Waals surface area contributed by atoms with Crippen molar-refractivity contribution in [1.29, 1.82) is 0 Å². The molecule has 0 aromatic heterocycles. The van der Waals surface area contributed by atoms with Crippen LogP contribution in [0.1, 0.15) is 157 Å². The number of aliphatic hydroxyl groups is 1. The fourth-order valence-corrected chi connectivity index (χ4v) is 14.1. The van der Waals surface area contributed by atoms with E-state index in [9.17, 15) is 53.4 Å². The summed E-state index contributed by atoms with van der Waals surface area (Å²) in [5, 5.41) is 27.3. The second kappa shape index (κ2) is 30.5. The van der Waals surface area contributed by atoms with Gasteiger partial charge < -0.3 is 54.5 Å². The van der Waals surface area contributed by atoms with Crippen molar-refractivity contribution in [2.45, 2.75) is 149 Å². The van der Waals surface area contributed by atoms with E-state index in [0.717, 1.165) is 52.0 Å². The van der Waals surface area contributed by atoms with E-state index in [2.05, 4.69) is 22.5 Å². The molecule has 6 aliphatic rings. The number of para-hydroxylation sites is 1. The maximum Gasteiger partial charge on any atom is 0.416 e. The van der Waals surface area contributed by atoms with Gasteiger partial charge >= 0.3 is 6.09 Å². The third kappa shape index (κ3) is 16.0. The predicted octanol–water partition coefficient (Wildman–Crippen LogP) is 10.3. The molecule has 1 spiro atoms. The highest BCUT2D eigenvalue weighted by Gasteiger charge is 2.58. The van der Waals surface area contributed by atoms with Crippen molar-refractivity contribution in [1.82, 2.24) is 20.4 Å². The highest BCUT2D eigenvalue weighted by Crippen LogP contribution is 2.57. The maximum absolute atomic E-state index is 14.5. The molecule has 5 aliphatic heterocycles. The number of aromatic hydroxyl groups is 1. The molecule has 0 bridgehead atoms. The van der Waals surface area contributed by atoms with Gasteiger partial charge in [0.15, 0.2) is 29.3 Å². The summed E-state index contributed by atoms with van der Waals surface area (Å²) >= 11 is 0. The Labute approximate surface area is 587 Å². The molecule has 524 valence electrons. The zero-order valence-electron chi connectivity index (χ0n) is 57.5. The van der Waals surface area contributed by atoms with Gasteiger partial charge in [-0.2, -0.15) is 0 Å². The predicted molar refractivity (Wildman–Crippen MR) is 376 cm³/mol. The number of phenols is 1. The van der Waals surface area contributed by atoms with Crippen LogP contribution >= 0.6 is 0 Å². The number of methoxy groups -OCH3 is 1. The van der Waals surface area contributed by atoms with Gasteiger partial charge in [-0.05, 0) is 151 Å². The van der Waals surface area contributed by atoms with Crippen molar-refractivity contribution in [2.75, 3.05) is 43.2 Å². The Morgan fingerprint density at radius 3 is 2.18 bits per heavy atom. The van der Waals surface area contributed by atoms with Gasteiger partial charge in [0, 0.05) is 92.4 Å². The first-order valence-corrected chi connectivity index (χ1v) is 34.7. The van der Waals surface area contributed by atoms with E-state index < -0.39 is 47.9 Å². The van der Waals surface area contributed by atoms with Crippen LogP contribution in [0.2, 0.25) is 0 Å². The van der Waals surface area contributed by atoms with Crippen LogP contribution in [0.15, 0.2) is 128 Å². The molecule has 21 heteroatoms. The lowest BCUT2D eigenvalue weighted by Crippen LogP contribution is -2.50. The van der Waals surface area contributed by atoms with E-state index >= 15 is 0 Å². The molecular weight excluding hydrogens is 1280 g/mol. The number of amides is 6. The number of ketones is 3. The van der Waals surface area contributed by atoms with Crippen LogP contribution in [0.25, 0.3) is 5.57 Å². The number of carbonyl (C=O) groups excluding carboxylic acids is 9. The van der Waals surface area contributed by atoms with Crippen molar-refractivity contribution in [3.05, 3.63) is 183 Å². The number of fused-ring (bicyclic) bond motifs is 6. The first-order valence-electron chi connectivity index (χ1n) is 34.7. The largest absolute Gasteiger partial charge is 0.508 e. The molecule has 4 N–H and O–H groups in total. The lowest BCUT2D eigenvalue weighted by molar-refractivity contribution is -0.133. The van der Waals surface area contributed by atoms with Gasteiger partial charge in [-0.15, -0.1) is 0 Å². The number of phenolic OH excluding ortho intramolecular Hbond substituents is 1. The van der Waals surface area contributed by atoms with E-state index in [1.165, 1.54) is 7.11 Å². The minimum absolute atomic E-state index is 0.0129. The molecule has 1 aliphatic carbocycles. The van der Waals surface area contributed by atoms with Gasteiger partial charge in [-0.1, -0.05) is 92.4 Å². The molecule has 21 nitrogen and oxygen atoms in total. The number of aryl methyl sites for hydroxylation is 2. The molecule has 1 saturated heterocycles. The average Bonchev–Trinajstić information content (AvgIpc) is 1.57. The van der Waals surface area contributed by atoms with Gasteiger partial charge in [-0.25, -0.2) is 9.69 Å². The molecular formula is C80H84N6O15. The van der Waals surface area contributed by atoms with Crippen LogP contribution in [-0.2, 0) is 59.5 Å². The van der Waals surface area contributed by atoms with E-state index in [-0.39, 0.29) is 129 Å². The molecule has 12 rings (SSSR count). The standard InChI is InChI=1S/C80H84N6O15/c1-48(2)63(39-62(89)43-81-73(91)29-27-61(88)28-30-74(92)84-44-57-13-7-6-11-53(57)19-20-55-12-8-9-14-66(55)84)75(93)82-50(4)69(90)36-51-15-17-52(18-16-51)46-101-79(97)86-67-41-70(49(3)35-65(67)77(95)85-47-80(31-32-80)42-68(85)78(86)96)99-33-10-34-100-72-38-56-21-24-59-37-58(54-22-25-60(87)26-23-54)45-83(59)76(94)64(56)40-71(72)98-5/h6-9,11-18,22-23,25-26,35,38,40-41,45,48,50,59,63,68,78,87,96H,10,21,24,27-34,36-37,39,42-44,46-47H2,1-5H3,(H,81,91)(H,82,93)/t50-,59+,63-,68-,78?/m0/s1. The van der Waals surface area contributed by atoms with Crippen molar-refractivity contribution < 1.29 is 72.3 Å². The van der Waals surface area contributed by atoms with Crippen molar-refractivity contribution in [2.24, 2.45) is 17.3 Å². The number of benzene rings is 6. The molecule has 6 amide bonds. The van der Waals surface area contributed by atoms with Crippen LogP contribution in [0.3, 0.4) is 0 Å². The Balaban J connectivity index is 0.599. The lowest BCUT2D eigenvalue weighted by Gasteiger charge is -2.31. The summed E-state index contributed by atoms with van der Waals surface area (Å²) < 4.78 is 24.3. The zero-order chi connectivity index (χ0) is 71.2. The van der Waals surface area contributed by atoms with Crippen LogP contribution in [0.5, 0.6) is 23.0 Å². The zero-order valence-corrected chi connectivity index (χ0v) is 57.5. The SMILES string of the molecule is COc1cc2c(cc1OCCCOc1cc3c(cc1C)C(=O)N1CC4(CC4)C[C@H]1C(O)N3C(=O)OCc1ccc(CC(=O)[C@H](C)NC(=O)[C@@H](CC(=O)CNC(=O)CCC(=O)CCC(=O)N3Cc4ccccc4C#Cc4ccccc43)C(C)C)cc1)CC[C@@H]1CC(c3ccc(O)cc3)=CN1C2=O. The molecule has 0 radical (unpaired) electrons. The van der Waals surface area contributed by atoms with Gasteiger partial charge in [0.2, 0.25) is 17.7 Å². The molecule has 1 unspecified atom stereocenters. The Kier molecular flexibility index (Phi) is 21.2. The van der Waals surface area contributed by atoms with Gasteiger partial charge in [-0.3, -0.25) is 38.4 Å². The number of nitrogens with zero attached hydrogens (tertiary/aromatic N) is 4. The number of aliphatic hydroxyl groups excluding tert-OH is 1. The van der Waals surface area contributed by atoms with Crippen LogP contribution in [0.4, 0.5) is 16.2 Å². The van der Waals surface area contributed by atoms with Crippen molar-refractivity contribution in [3.63, 3.8) is 0 Å². The van der Waals surface area contributed by atoms with Crippen molar-refractivity contribution >= 4 is 69.9 Å². The summed E-state index contributed by atoms with van der Waals surface area (Å²) in [7, 11) is 1.53. The Hall–Kier alpha value is -10.6. The van der Waals surface area contributed by atoms with Gasteiger partial charge in [0.25, 0.3) is 11.8 Å². The summed E-state index contributed by atoms with van der Waals surface area (Å²) in [5.41, 5.74) is 8.58. The molecule has 6 aromatic carbocycles.